The summed E-state index contributed by atoms with van der Waals surface area (Å²) in [6, 6.07) is -0.441. The molecule has 1 N–H and O–H groups in total. The van der Waals surface area contributed by atoms with Crippen LogP contribution in [0.25, 0.3) is 0 Å². The lowest BCUT2D eigenvalue weighted by Gasteiger charge is -2.33. The van der Waals surface area contributed by atoms with Crippen molar-refractivity contribution in [3.05, 3.63) is 17.3 Å². The molecule has 154 valence electrons. The fourth-order valence-corrected chi connectivity index (χ4v) is 3.17. The van der Waals surface area contributed by atoms with Crippen LogP contribution in [-0.2, 0) is 16.0 Å². The summed E-state index contributed by atoms with van der Waals surface area (Å²) in [6.45, 7) is 8.80. The van der Waals surface area contributed by atoms with E-state index in [4.69, 9.17) is 9.47 Å². The maximum atomic E-state index is 13.4. The number of aromatic nitrogens is 1. The molecule has 0 aliphatic carbocycles. The monoisotopic (exact) mass is 392 g/mol. The van der Waals surface area contributed by atoms with Gasteiger partial charge in [-0.3, -0.25) is 10.1 Å². The van der Waals surface area contributed by atoms with E-state index in [0.29, 0.717) is 36.5 Å². The number of nitrogens with zero attached hydrogens (tertiary/aromatic N) is 2. The van der Waals surface area contributed by atoms with Gasteiger partial charge < -0.3 is 9.47 Å². The van der Waals surface area contributed by atoms with E-state index in [1.165, 1.54) is 0 Å². The van der Waals surface area contributed by atoms with E-state index >= 15 is 0 Å². The number of carbonyl (C=O) groups is 3. The summed E-state index contributed by atoms with van der Waals surface area (Å²) >= 11 is 0. The maximum absolute atomic E-state index is 13.4. The standard InChI is InChI=1S/C20H29N3O5/c1-13(2)7-8-15-16(28-14(3)4)11-21-18-17(15)19(25)23(5,20(26)22-18)9-6-10-27-12-24/h11-14H,6-10H2,1-5H3/p+1. The average Bonchev–Trinajstić information content (AvgIpc) is 2.62. The van der Waals surface area contributed by atoms with Crippen LogP contribution >= 0.6 is 0 Å². The third kappa shape index (κ3) is 4.67. The van der Waals surface area contributed by atoms with Crippen molar-refractivity contribution in [2.45, 2.75) is 53.1 Å². The number of imide groups is 1. The highest BCUT2D eigenvalue weighted by Crippen LogP contribution is 2.35. The van der Waals surface area contributed by atoms with Crippen molar-refractivity contribution in [2.24, 2.45) is 5.92 Å². The normalized spacial score (nSPS) is 18.8. The quantitative estimate of drug-likeness (QED) is 0.373. The van der Waals surface area contributed by atoms with Crippen molar-refractivity contribution >= 4 is 24.2 Å². The van der Waals surface area contributed by atoms with Gasteiger partial charge in [0.15, 0.2) is 5.82 Å². The highest BCUT2D eigenvalue weighted by Gasteiger charge is 2.48. The molecule has 0 radical (unpaired) electrons. The molecule has 1 atom stereocenters. The molecule has 8 heteroatoms. The van der Waals surface area contributed by atoms with Gasteiger partial charge in [0.05, 0.1) is 32.5 Å². The largest absolute Gasteiger partial charge is 0.489 e. The Hall–Kier alpha value is -2.48. The van der Waals surface area contributed by atoms with Crippen LogP contribution in [-0.4, -0.2) is 54.2 Å². The first-order valence-electron chi connectivity index (χ1n) is 9.66. The highest BCUT2D eigenvalue weighted by molar-refractivity contribution is 6.09. The van der Waals surface area contributed by atoms with E-state index in [9.17, 15) is 14.4 Å². The summed E-state index contributed by atoms with van der Waals surface area (Å²) in [5.41, 5.74) is 1.20. The number of hydrogen-bond acceptors (Lipinski definition) is 6. The molecule has 2 heterocycles. The molecule has 0 saturated carbocycles. The number of pyridine rings is 1. The molecule has 1 aromatic rings. The van der Waals surface area contributed by atoms with Crippen LogP contribution in [0.4, 0.5) is 10.6 Å². The lowest BCUT2D eigenvalue weighted by molar-refractivity contribution is -0.743. The number of anilines is 1. The zero-order valence-corrected chi connectivity index (χ0v) is 17.3. The van der Waals surface area contributed by atoms with Gasteiger partial charge in [0.1, 0.15) is 11.3 Å². The maximum Gasteiger partial charge on any atom is 0.429 e. The van der Waals surface area contributed by atoms with Gasteiger partial charge in [-0.15, -0.1) is 0 Å². The molecule has 1 aliphatic heterocycles. The highest BCUT2D eigenvalue weighted by atomic mass is 16.5. The molecular weight excluding hydrogens is 362 g/mol. The third-order valence-corrected chi connectivity index (χ3v) is 4.75. The van der Waals surface area contributed by atoms with Crippen molar-refractivity contribution in [3.63, 3.8) is 0 Å². The van der Waals surface area contributed by atoms with Gasteiger partial charge in [-0.25, -0.2) is 14.6 Å². The Morgan fingerprint density at radius 2 is 1.96 bits per heavy atom. The van der Waals surface area contributed by atoms with E-state index in [1.54, 1.807) is 13.2 Å². The molecule has 0 spiro atoms. The molecule has 0 saturated heterocycles. The number of nitrogens with one attached hydrogen (secondary N) is 1. The van der Waals surface area contributed by atoms with Gasteiger partial charge in [0.2, 0.25) is 0 Å². The van der Waals surface area contributed by atoms with Gasteiger partial charge in [0.25, 0.3) is 6.47 Å². The van der Waals surface area contributed by atoms with E-state index in [1.807, 2.05) is 13.8 Å². The molecule has 1 unspecified atom stereocenters. The molecule has 1 aliphatic rings. The second-order valence-electron chi connectivity index (χ2n) is 7.89. The topological polar surface area (TPSA) is 94.6 Å². The number of ether oxygens (including phenoxy) is 2. The van der Waals surface area contributed by atoms with Gasteiger partial charge in [-0.05, 0) is 32.6 Å². The smallest absolute Gasteiger partial charge is 0.429 e. The third-order valence-electron chi connectivity index (χ3n) is 4.75. The SMILES string of the molecule is CC(C)CCc1c(OC(C)C)cnc2c1C(=O)[N+](C)(CCCOC=O)C(=O)N2. The van der Waals surface area contributed by atoms with Crippen LogP contribution in [0, 0.1) is 5.92 Å². The Bertz CT molecular complexity index is 748. The molecule has 1 aromatic heterocycles. The fourth-order valence-electron chi connectivity index (χ4n) is 3.17. The lowest BCUT2D eigenvalue weighted by Crippen LogP contribution is -2.59. The Morgan fingerprint density at radius 1 is 1.25 bits per heavy atom. The number of amides is 3. The molecule has 0 aromatic carbocycles. The number of quaternary nitrogens is 1. The number of hydrogen-bond donors (Lipinski definition) is 1. The van der Waals surface area contributed by atoms with E-state index in [0.717, 1.165) is 12.0 Å². The summed E-state index contributed by atoms with van der Waals surface area (Å²) in [4.78, 5) is 40.7. The Labute approximate surface area is 165 Å². The lowest BCUT2D eigenvalue weighted by atomic mass is 9.96. The zero-order valence-electron chi connectivity index (χ0n) is 17.3. The second kappa shape index (κ2) is 9.14. The molecular formula is C20H30N3O5+. The van der Waals surface area contributed by atoms with Crippen LogP contribution in [0.3, 0.4) is 0 Å². The fraction of sp³-hybridized carbons (Fsp3) is 0.600. The van der Waals surface area contributed by atoms with Crippen molar-refractivity contribution in [1.29, 1.82) is 0 Å². The van der Waals surface area contributed by atoms with Crippen molar-refractivity contribution in [2.75, 3.05) is 25.5 Å². The van der Waals surface area contributed by atoms with Crippen molar-refractivity contribution < 1.29 is 28.3 Å². The van der Waals surface area contributed by atoms with E-state index in [2.05, 4.69) is 24.1 Å². The second-order valence-corrected chi connectivity index (χ2v) is 7.89. The van der Waals surface area contributed by atoms with Crippen molar-refractivity contribution in [1.82, 2.24) is 4.98 Å². The first-order valence-corrected chi connectivity index (χ1v) is 9.66. The first kappa shape index (κ1) is 21.8. The van der Waals surface area contributed by atoms with Crippen LogP contribution in [0.2, 0.25) is 0 Å². The van der Waals surface area contributed by atoms with Crippen LogP contribution in [0.5, 0.6) is 5.75 Å². The van der Waals surface area contributed by atoms with E-state index < -0.39 is 10.5 Å². The average molecular weight is 392 g/mol. The predicted octanol–water partition coefficient (Wildman–Crippen LogP) is 3.15. The summed E-state index contributed by atoms with van der Waals surface area (Å²) in [7, 11) is 1.57. The number of urea groups is 1. The predicted molar refractivity (Wildman–Crippen MR) is 104 cm³/mol. The summed E-state index contributed by atoms with van der Waals surface area (Å²) in [5, 5.41) is 2.77. The minimum atomic E-state index is -0.448. The zero-order chi connectivity index (χ0) is 20.9. The Kier molecular flexibility index (Phi) is 7.12. The first-order chi connectivity index (χ1) is 13.2. The van der Waals surface area contributed by atoms with Crippen LogP contribution < -0.4 is 10.1 Å². The molecule has 28 heavy (non-hydrogen) atoms. The molecule has 3 amide bonds. The number of fused-ring (bicyclic) bond motifs is 1. The van der Waals surface area contributed by atoms with Gasteiger partial charge >= 0.3 is 11.9 Å². The molecule has 8 nitrogen and oxygen atoms in total. The van der Waals surface area contributed by atoms with Crippen molar-refractivity contribution in [3.8, 4) is 5.75 Å². The number of rotatable bonds is 10. The molecule has 2 rings (SSSR count). The summed E-state index contributed by atoms with van der Waals surface area (Å²) < 4.78 is 10.2. The summed E-state index contributed by atoms with van der Waals surface area (Å²) in [6.07, 6.45) is 3.44. The number of carbonyl (C=O) groups excluding carboxylic acids is 3. The van der Waals surface area contributed by atoms with Gasteiger partial charge in [-0.1, -0.05) is 13.8 Å². The molecule has 0 bridgehead atoms. The Morgan fingerprint density at radius 3 is 2.57 bits per heavy atom. The Balaban J connectivity index is 2.45. The minimum absolute atomic E-state index is 0.0627. The van der Waals surface area contributed by atoms with E-state index in [-0.39, 0.29) is 31.0 Å². The minimum Gasteiger partial charge on any atom is -0.489 e. The van der Waals surface area contributed by atoms with Crippen LogP contribution in [0.15, 0.2) is 6.20 Å². The summed E-state index contributed by atoms with van der Waals surface area (Å²) in [5.74, 6) is 0.995. The molecule has 0 fully saturated rings. The van der Waals surface area contributed by atoms with Gasteiger partial charge in [-0.2, -0.15) is 4.48 Å². The van der Waals surface area contributed by atoms with Crippen LogP contribution in [0.1, 0.15) is 56.5 Å². The van der Waals surface area contributed by atoms with Gasteiger partial charge in [0, 0.05) is 12.0 Å².